The molecule has 0 heterocycles. The molecule has 0 fully saturated rings. The fourth-order valence-electron chi connectivity index (χ4n) is 3.13. The number of nitro benzene ring substituents is 1. The number of hydrazone groups is 1. The van der Waals surface area contributed by atoms with Gasteiger partial charge in [-0.2, -0.15) is 5.10 Å². The van der Waals surface area contributed by atoms with Crippen LogP contribution in [0.4, 0.5) is 11.4 Å². The Labute approximate surface area is 201 Å². The Morgan fingerprint density at radius 3 is 2.34 bits per heavy atom. The first kappa shape index (κ1) is 25.2. The van der Waals surface area contributed by atoms with E-state index in [-0.39, 0.29) is 5.69 Å². The largest absolute Gasteiger partial charge is 0.493 e. The third kappa shape index (κ3) is 5.92. The van der Waals surface area contributed by atoms with Crippen LogP contribution in [0.5, 0.6) is 11.5 Å². The van der Waals surface area contributed by atoms with Gasteiger partial charge in [-0.05, 0) is 42.0 Å². The van der Waals surface area contributed by atoms with Crippen LogP contribution in [0.2, 0.25) is 0 Å². The lowest BCUT2D eigenvalue weighted by Gasteiger charge is -2.23. The van der Waals surface area contributed by atoms with Crippen LogP contribution >= 0.6 is 0 Å². The lowest BCUT2D eigenvalue weighted by molar-refractivity contribution is -0.387. The molecule has 35 heavy (non-hydrogen) atoms. The van der Waals surface area contributed by atoms with E-state index in [9.17, 15) is 23.3 Å². The van der Waals surface area contributed by atoms with Gasteiger partial charge in [0.05, 0.1) is 31.0 Å². The zero-order valence-corrected chi connectivity index (χ0v) is 19.6. The number of hydrogen-bond acceptors (Lipinski definition) is 8. The predicted octanol–water partition coefficient (Wildman–Crippen LogP) is 2.96. The van der Waals surface area contributed by atoms with Crippen molar-refractivity contribution in [3.63, 3.8) is 0 Å². The number of carbonyl (C=O) groups excluding carboxylic acids is 1. The molecule has 0 aliphatic carbocycles. The van der Waals surface area contributed by atoms with Crippen LogP contribution in [0.15, 0.2) is 82.8 Å². The third-order valence-corrected chi connectivity index (χ3v) is 6.59. The zero-order chi connectivity index (χ0) is 25.4. The second-order valence-corrected chi connectivity index (χ2v) is 8.81. The van der Waals surface area contributed by atoms with Gasteiger partial charge in [0, 0.05) is 6.07 Å². The summed E-state index contributed by atoms with van der Waals surface area (Å²) in [5, 5.41) is 15.3. The number of nitrogens with one attached hydrogen (secondary N) is 1. The number of anilines is 1. The number of sulfonamides is 1. The van der Waals surface area contributed by atoms with Crippen LogP contribution in [0.1, 0.15) is 5.56 Å². The summed E-state index contributed by atoms with van der Waals surface area (Å²) in [5.74, 6) is 0.230. The van der Waals surface area contributed by atoms with Gasteiger partial charge in [-0.3, -0.25) is 19.2 Å². The number of para-hydroxylation sites is 2. The molecule has 0 spiro atoms. The minimum absolute atomic E-state index is 0.157. The molecule has 1 N–H and O–H groups in total. The lowest BCUT2D eigenvalue weighted by atomic mass is 10.2. The van der Waals surface area contributed by atoms with E-state index in [0.29, 0.717) is 17.1 Å². The Balaban J connectivity index is 1.85. The number of nitro groups is 1. The minimum Gasteiger partial charge on any atom is -0.493 e. The fraction of sp³-hybridized carbons (Fsp3) is 0.130. The molecular weight excluding hydrogens is 476 g/mol. The topological polar surface area (TPSA) is 140 Å². The quantitative estimate of drug-likeness (QED) is 0.257. The van der Waals surface area contributed by atoms with Crippen molar-refractivity contribution >= 4 is 33.5 Å². The summed E-state index contributed by atoms with van der Waals surface area (Å²) in [5.41, 5.74) is 2.43. The summed E-state index contributed by atoms with van der Waals surface area (Å²) >= 11 is 0. The number of benzene rings is 3. The van der Waals surface area contributed by atoms with Gasteiger partial charge < -0.3 is 9.47 Å². The van der Waals surface area contributed by atoms with Gasteiger partial charge in [-0.15, -0.1) is 0 Å². The molecule has 3 aromatic rings. The molecule has 0 aliphatic heterocycles. The Morgan fingerprint density at radius 2 is 1.69 bits per heavy atom. The highest BCUT2D eigenvalue weighted by molar-refractivity contribution is 7.93. The highest BCUT2D eigenvalue weighted by Gasteiger charge is 2.33. The molecule has 0 aromatic heterocycles. The van der Waals surface area contributed by atoms with Gasteiger partial charge in [0.15, 0.2) is 16.4 Å². The summed E-state index contributed by atoms with van der Waals surface area (Å²) in [6, 6.07) is 17.7. The Morgan fingerprint density at radius 1 is 1.03 bits per heavy atom. The summed E-state index contributed by atoms with van der Waals surface area (Å²) in [7, 11) is -1.49. The second kappa shape index (κ2) is 11.1. The smallest absolute Gasteiger partial charge is 0.289 e. The van der Waals surface area contributed by atoms with E-state index in [2.05, 4.69) is 10.5 Å². The number of nitrogens with zero attached hydrogens (tertiary/aromatic N) is 3. The molecule has 0 radical (unpaired) electrons. The minimum atomic E-state index is -4.47. The van der Waals surface area contributed by atoms with E-state index in [1.165, 1.54) is 44.7 Å². The van der Waals surface area contributed by atoms with E-state index in [4.69, 9.17) is 9.47 Å². The lowest BCUT2D eigenvalue weighted by Crippen LogP contribution is -2.39. The molecule has 0 saturated carbocycles. The van der Waals surface area contributed by atoms with Gasteiger partial charge in [-0.25, -0.2) is 13.8 Å². The van der Waals surface area contributed by atoms with E-state index in [1.807, 2.05) is 0 Å². The molecule has 3 rings (SSSR count). The molecule has 3 aromatic carbocycles. The highest BCUT2D eigenvalue weighted by atomic mass is 32.2. The summed E-state index contributed by atoms with van der Waals surface area (Å²) in [6.07, 6.45) is 1.35. The standard InChI is InChI=1S/C23H22N4O7S/c1-33-20-13-12-17(14-21(20)34-2)15-24-25-23(28)16-26(18-8-4-3-5-9-18)35(31,32)22-11-7-6-10-19(22)27(29)30/h3-15H,16H2,1-2H3,(H,25,28). The first-order chi connectivity index (χ1) is 16.8. The first-order valence-electron chi connectivity index (χ1n) is 10.1. The maximum Gasteiger partial charge on any atom is 0.289 e. The Bertz CT molecular complexity index is 1340. The summed E-state index contributed by atoms with van der Waals surface area (Å²) < 4.78 is 38.0. The van der Waals surface area contributed by atoms with Crippen LogP contribution in [0, 0.1) is 10.1 Å². The van der Waals surface area contributed by atoms with E-state index in [0.717, 1.165) is 16.4 Å². The summed E-state index contributed by atoms with van der Waals surface area (Å²) in [6.45, 7) is -0.665. The number of hydrogen-bond donors (Lipinski definition) is 1. The van der Waals surface area contributed by atoms with Crippen molar-refractivity contribution in [3.8, 4) is 11.5 Å². The van der Waals surface area contributed by atoms with Crippen molar-refractivity contribution in [2.45, 2.75) is 4.90 Å². The van der Waals surface area contributed by atoms with Gasteiger partial charge >= 0.3 is 0 Å². The van der Waals surface area contributed by atoms with E-state index in [1.54, 1.807) is 36.4 Å². The van der Waals surface area contributed by atoms with Crippen LogP contribution in [-0.4, -0.2) is 46.2 Å². The van der Waals surface area contributed by atoms with Crippen molar-refractivity contribution in [2.75, 3.05) is 25.1 Å². The van der Waals surface area contributed by atoms with Gasteiger partial charge in [0.1, 0.15) is 6.54 Å². The van der Waals surface area contributed by atoms with E-state index < -0.39 is 38.0 Å². The molecule has 0 saturated heterocycles. The molecule has 0 unspecified atom stereocenters. The highest BCUT2D eigenvalue weighted by Crippen LogP contribution is 2.30. The van der Waals surface area contributed by atoms with Crippen LogP contribution in [0.25, 0.3) is 0 Å². The number of carbonyl (C=O) groups is 1. The first-order valence-corrected chi connectivity index (χ1v) is 11.6. The Kier molecular flexibility index (Phi) is 8.00. The van der Waals surface area contributed by atoms with Crippen molar-refractivity contribution in [2.24, 2.45) is 5.10 Å². The van der Waals surface area contributed by atoms with Gasteiger partial charge in [-0.1, -0.05) is 30.3 Å². The van der Waals surface area contributed by atoms with Gasteiger partial charge in [0.2, 0.25) is 0 Å². The average Bonchev–Trinajstić information content (AvgIpc) is 2.87. The monoisotopic (exact) mass is 498 g/mol. The maximum atomic E-state index is 13.4. The second-order valence-electron chi connectivity index (χ2n) is 6.98. The van der Waals surface area contributed by atoms with E-state index >= 15 is 0 Å². The molecule has 182 valence electrons. The van der Waals surface area contributed by atoms with Crippen molar-refractivity contribution in [1.82, 2.24) is 5.43 Å². The normalized spacial score (nSPS) is 11.1. The van der Waals surface area contributed by atoms with Crippen LogP contribution in [-0.2, 0) is 14.8 Å². The molecule has 1 amide bonds. The zero-order valence-electron chi connectivity index (χ0n) is 18.8. The van der Waals surface area contributed by atoms with Crippen LogP contribution in [0.3, 0.4) is 0 Å². The SMILES string of the molecule is COc1ccc(C=NNC(=O)CN(c2ccccc2)S(=O)(=O)c2ccccc2[N+](=O)[O-])cc1OC. The molecular formula is C23H22N4O7S. The van der Waals surface area contributed by atoms with Gasteiger partial charge in [0.25, 0.3) is 21.6 Å². The third-order valence-electron chi connectivity index (χ3n) is 4.77. The summed E-state index contributed by atoms with van der Waals surface area (Å²) in [4.78, 5) is 22.7. The van der Waals surface area contributed by atoms with Crippen molar-refractivity contribution in [3.05, 3.63) is 88.5 Å². The van der Waals surface area contributed by atoms with Crippen molar-refractivity contribution in [1.29, 1.82) is 0 Å². The molecule has 12 heteroatoms. The van der Waals surface area contributed by atoms with Crippen LogP contribution < -0.4 is 19.2 Å². The average molecular weight is 499 g/mol. The number of rotatable bonds is 10. The molecule has 0 bridgehead atoms. The molecule has 0 atom stereocenters. The molecule has 11 nitrogen and oxygen atoms in total. The number of methoxy groups -OCH3 is 2. The Hall–Kier alpha value is -4.45. The maximum absolute atomic E-state index is 13.4. The number of amides is 1. The fourth-order valence-corrected chi connectivity index (χ4v) is 4.71. The molecule has 0 aliphatic rings. The predicted molar refractivity (Wildman–Crippen MR) is 129 cm³/mol. The number of ether oxygens (including phenoxy) is 2. The van der Waals surface area contributed by atoms with Crippen molar-refractivity contribution < 1.29 is 27.6 Å².